The van der Waals surface area contributed by atoms with E-state index < -0.39 is 35.4 Å². The minimum Gasteiger partial charge on any atom is -0.364 e. The van der Waals surface area contributed by atoms with Gasteiger partial charge in [0.05, 0.1) is 28.5 Å². The van der Waals surface area contributed by atoms with Crippen molar-refractivity contribution in [3.05, 3.63) is 239 Å². The Balaban J connectivity index is 0.00000588. The Kier molecular flexibility index (Phi) is 12.2. The van der Waals surface area contributed by atoms with Crippen LogP contribution in [0.3, 0.4) is 0 Å². The fourth-order valence-electron chi connectivity index (χ4n) is 10.7. The van der Waals surface area contributed by atoms with Gasteiger partial charge in [0.2, 0.25) is 0 Å². The van der Waals surface area contributed by atoms with Gasteiger partial charge in [0, 0.05) is 40.6 Å². The molecule has 0 aliphatic carbocycles. The summed E-state index contributed by atoms with van der Waals surface area (Å²) in [5, 5.41) is 3.94. The molecule has 0 N–H and O–H groups in total. The number of amidine groups is 1. The van der Waals surface area contributed by atoms with E-state index in [1.54, 1.807) is 6.20 Å². The number of hydrogen-bond acceptors (Lipinski definition) is 3. The first-order valence-electron chi connectivity index (χ1n) is 23.9. The molecule has 0 saturated heterocycles. The van der Waals surface area contributed by atoms with Crippen LogP contribution in [0, 0.1) is 32.9 Å². The average molecular weight is 1170 g/mol. The molecule has 0 spiro atoms. The van der Waals surface area contributed by atoms with Gasteiger partial charge < -0.3 is 19.0 Å². The van der Waals surface area contributed by atoms with Crippen molar-refractivity contribution in [2.24, 2.45) is 4.99 Å². The standard InChI is InChI=1S/C62H43F6N5.Pt/c1-37-21-23-54-50(28-37)51-29-39(3)56(73-55-24-22-43(40-14-7-4-8-15-40)31-52(55)49-20-13-25-69-60(49)73)35-57(51)72(54)48-27-38(2)26-44(30-48)59-70-53(58(41-16-9-5-10-17-41)42-18-11-6-12-19-42)36-71(59)47-33-45(61(63,64)65)32-46(34-47)62(66,67)68;/h4-29,31-34,53,58H,36H2,1-3H3;/q-2;+2/t53-;/m0./s1. The van der Waals surface area contributed by atoms with E-state index in [0.29, 0.717) is 11.3 Å². The first-order valence-corrected chi connectivity index (χ1v) is 23.9. The Bertz CT molecular complexity index is 3900. The van der Waals surface area contributed by atoms with Crippen molar-refractivity contribution in [2.45, 2.75) is 45.1 Å². The molecule has 1 aliphatic rings. The van der Waals surface area contributed by atoms with Crippen LogP contribution >= 0.6 is 0 Å². The second-order valence-electron chi connectivity index (χ2n) is 18.9. The van der Waals surface area contributed by atoms with E-state index in [0.717, 1.165) is 101 Å². The van der Waals surface area contributed by atoms with Crippen LogP contribution in [-0.4, -0.2) is 32.5 Å². The number of aromatic nitrogens is 3. The fourth-order valence-corrected chi connectivity index (χ4v) is 10.7. The molecule has 0 fully saturated rings. The van der Waals surface area contributed by atoms with E-state index >= 15 is 0 Å². The third-order valence-corrected chi connectivity index (χ3v) is 14.0. The Morgan fingerprint density at radius 3 is 1.84 bits per heavy atom. The number of benzene rings is 8. The predicted octanol–water partition coefficient (Wildman–Crippen LogP) is 16.0. The Hall–Kier alpha value is -7.75. The van der Waals surface area contributed by atoms with Crippen molar-refractivity contribution in [1.82, 2.24) is 14.1 Å². The summed E-state index contributed by atoms with van der Waals surface area (Å²) in [7, 11) is 0. The molecule has 12 heteroatoms. The van der Waals surface area contributed by atoms with Crippen LogP contribution in [0.25, 0.3) is 66.2 Å². The Morgan fingerprint density at radius 1 is 0.554 bits per heavy atom. The van der Waals surface area contributed by atoms with Crippen molar-refractivity contribution >= 4 is 55.3 Å². The third kappa shape index (κ3) is 8.56. The van der Waals surface area contributed by atoms with Crippen LogP contribution in [0.15, 0.2) is 187 Å². The van der Waals surface area contributed by atoms with Crippen LogP contribution in [0.5, 0.6) is 0 Å². The predicted molar refractivity (Wildman–Crippen MR) is 279 cm³/mol. The van der Waals surface area contributed by atoms with Crippen molar-refractivity contribution < 1.29 is 47.4 Å². The summed E-state index contributed by atoms with van der Waals surface area (Å²) in [4.78, 5) is 11.7. The van der Waals surface area contributed by atoms with Crippen molar-refractivity contribution in [3.8, 4) is 22.5 Å². The summed E-state index contributed by atoms with van der Waals surface area (Å²) in [6.07, 6.45) is -8.33. The number of rotatable bonds is 8. The summed E-state index contributed by atoms with van der Waals surface area (Å²) < 4.78 is 91.7. The van der Waals surface area contributed by atoms with Crippen LogP contribution in [0.1, 0.15) is 50.4 Å². The van der Waals surface area contributed by atoms with Gasteiger partial charge in [-0.05, 0) is 88.8 Å². The normalized spacial score (nSPS) is 14.2. The van der Waals surface area contributed by atoms with Crippen LogP contribution in [-0.2, 0) is 33.4 Å². The fraction of sp³-hybridized carbons (Fsp3) is 0.129. The largest absolute Gasteiger partial charge is 2.00 e. The zero-order chi connectivity index (χ0) is 50.3. The number of hydrogen-bond donors (Lipinski definition) is 0. The summed E-state index contributed by atoms with van der Waals surface area (Å²) in [6.45, 7) is 5.99. The maximum absolute atomic E-state index is 14.6. The number of aryl methyl sites for hydroxylation is 3. The number of pyridine rings is 1. The molecule has 0 unspecified atom stereocenters. The van der Waals surface area contributed by atoms with E-state index in [4.69, 9.17) is 9.98 Å². The van der Waals surface area contributed by atoms with E-state index in [9.17, 15) is 26.3 Å². The Labute approximate surface area is 437 Å². The molecule has 3 aromatic heterocycles. The van der Waals surface area contributed by atoms with Gasteiger partial charge in [0.15, 0.2) is 0 Å². The number of aliphatic imine (C=N–C) groups is 1. The van der Waals surface area contributed by atoms with Gasteiger partial charge in [-0.25, -0.2) is 4.98 Å². The second kappa shape index (κ2) is 18.6. The van der Waals surface area contributed by atoms with Gasteiger partial charge in [-0.1, -0.05) is 140 Å². The van der Waals surface area contributed by atoms with Gasteiger partial charge in [-0.3, -0.25) is 0 Å². The Morgan fingerprint density at radius 2 is 1.18 bits per heavy atom. The van der Waals surface area contributed by atoms with E-state index in [1.165, 1.54) is 4.90 Å². The average Bonchev–Trinajstić information content (AvgIpc) is 4.06. The first kappa shape index (κ1) is 48.5. The molecule has 1 aliphatic heterocycles. The molecule has 12 rings (SSSR count). The molecular formula is C62H43F6N5Pt. The van der Waals surface area contributed by atoms with E-state index in [1.807, 2.05) is 117 Å². The number of anilines is 1. The van der Waals surface area contributed by atoms with Crippen molar-refractivity contribution in [3.63, 3.8) is 0 Å². The quantitative estimate of drug-likeness (QED) is 0.112. The smallest absolute Gasteiger partial charge is 0.364 e. The molecule has 0 bridgehead atoms. The van der Waals surface area contributed by atoms with Crippen LogP contribution in [0.4, 0.5) is 32.0 Å². The van der Waals surface area contributed by atoms with Crippen molar-refractivity contribution in [1.29, 1.82) is 0 Å². The molecule has 0 saturated carbocycles. The SMILES string of the molecule is Cc1cc(C2=N[C@H](C(c3ccccc3)c3ccccc3)CN2c2cc(C(F)(F)F)cc(C(F)(F)F)c2)[c-]c(-n2c3[c-]c(-n4c5ccc(-c6ccccc6)cc5c5cccnc54)c(C)cc3c3cc(C)ccc32)c1.[Pt+2]. The molecule has 1 atom stereocenters. The van der Waals surface area contributed by atoms with Gasteiger partial charge >= 0.3 is 33.4 Å². The molecule has 368 valence electrons. The van der Waals surface area contributed by atoms with Gasteiger partial charge in [0.1, 0.15) is 5.65 Å². The van der Waals surface area contributed by atoms with Gasteiger partial charge in [-0.15, -0.1) is 46.3 Å². The zero-order valence-electron chi connectivity index (χ0n) is 40.0. The molecule has 5 nitrogen and oxygen atoms in total. The number of alkyl halides is 6. The zero-order valence-corrected chi connectivity index (χ0v) is 42.3. The minimum atomic E-state index is -5.06. The topological polar surface area (TPSA) is 38.4 Å². The molecule has 4 heterocycles. The van der Waals surface area contributed by atoms with E-state index in [2.05, 4.69) is 82.8 Å². The number of halogens is 6. The molecular weight excluding hydrogens is 1120 g/mol. The number of fused-ring (bicyclic) bond motifs is 6. The first-order chi connectivity index (χ1) is 35.2. The van der Waals surface area contributed by atoms with E-state index in [-0.39, 0.29) is 45.2 Å². The minimum absolute atomic E-state index is 0. The molecule has 8 aromatic carbocycles. The molecule has 0 amide bonds. The van der Waals surface area contributed by atoms with Crippen LogP contribution < -0.4 is 4.90 Å². The summed E-state index contributed by atoms with van der Waals surface area (Å²) in [5.41, 5.74) is 8.77. The van der Waals surface area contributed by atoms with Crippen molar-refractivity contribution in [2.75, 3.05) is 11.4 Å². The van der Waals surface area contributed by atoms with Gasteiger partial charge in [-0.2, -0.15) is 32.4 Å². The summed E-state index contributed by atoms with van der Waals surface area (Å²) >= 11 is 0. The molecule has 74 heavy (non-hydrogen) atoms. The third-order valence-electron chi connectivity index (χ3n) is 14.0. The molecule has 0 radical (unpaired) electrons. The maximum atomic E-state index is 14.6. The monoisotopic (exact) mass is 1170 g/mol. The summed E-state index contributed by atoms with van der Waals surface area (Å²) in [6, 6.07) is 60.7. The maximum Gasteiger partial charge on any atom is 2.00 e. The van der Waals surface area contributed by atoms with Crippen LogP contribution in [0.2, 0.25) is 0 Å². The second-order valence-corrected chi connectivity index (χ2v) is 18.9. The molecule has 11 aromatic rings. The summed E-state index contributed by atoms with van der Waals surface area (Å²) in [5.74, 6) is -0.209. The number of nitrogens with zero attached hydrogens (tertiary/aromatic N) is 5. The van der Waals surface area contributed by atoms with Gasteiger partial charge in [0.25, 0.3) is 0 Å².